The van der Waals surface area contributed by atoms with E-state index in [1.54, 1.807) is 11.3 Å². The largest absolute Gasteiger partial charge is 0.481 e. The van der Waals surface area contributed by atoms with E-state index in [4.69, 9.17) is 5.11 Å². The fourth-order valence-corrected chi connectivity index (χ4v) is 3.16. The molecule has 96 valence electrons. The number of carboxylic acids is 1. The third kappa shape index (κ3) is 4.11. The number of rotatable bonds is 4. The lowest BCUT2D eigenvalue weighted by Crippen LogP contribution is -2.15. The molecule has 0 fully saturated rings. The number of hydrogen-bond donors (Lipinski definition) is 1. The maximum Gasteiger partial charge on any atom is 0.308 e. The van der Waals surface area contributed by atoms with Crippen molar-refractivity contribution in [3.63, 3.8) is 0 Å². The molecule has 0 atom stereocenters. The van der Waals surface area contributed by atoms with Crippen LogP contribution >= 0.6 is 11.3 Å². The van der Waals surface area contributed by atoms with E-state index in [9.17, 15) is 4.79 Å². The van der Waals surface area contributed by atoms with E-state index in [-0.39, 0.29) is 11.8 Å². The lowest BCUT2D eigenvalue weighted by Gasteiger charge is -2.17. The van der Waals surface area contributed by atoms with Gasteiger partial charge in [0.15, 0.2) is 0 Å². The van der Waals surface area contributed by atoms with Gasteiger partial charge in [-0.05, 0) is 5.92 Å². The number of carbonyl (C=O) groups is 1. The van der Waals surface area contributed by atoms with Gasteiger partial charge >= 0.3 is 5.97 Å². The topological polar surface area (TPSA) is 50.2 Å². The van der Waals surface area contributed by atoms with E-state index in [0.29, 0.717) is 5.92 Å². The highest BCUT2D eigenvalue weighted by atomic mass is 32.1. The van der Waals surface area contributed by atoms with Crippen molar-refractivity contribution in [3.05, 3.63) is 15.6 Å². The SMILES string of the molecule is CC(C)Cc1nc(C(C)(C)C)c(CC(=O)O)s1. The van der Waals surface area contributed by atoms with Gasteiger partial charge in [0.1, 0.15) is 0 Å². The van der Waals surface area contributed by atoms with Crippen LogP contribution in [0.2, 0.25) is 0 Å². The predicted octanol–water partition coefficient (Wildman–Crippen LogP) is 3.27. The van der Waals surface area contributed by atoms with Crippen molar-refractivity contribution in [1.82, 2.24) is 4.98 Å². The van der Waals surface area contributed by atoms with Crippen LogP contribution in [0.3, 0.4) is 0 Å². The van der Waals surface area contributed by atoms with Gasteiger partial charge in [-0.3, -0.25) is 4.79 Å². The highest BCUT2D eigenvalue weighted by Crippen LogP contribution is 2.31. The molecule has 0 unspecified atom stereocenters. The van der Waals surface area contributed by atoms with Crippen LogP contribution in [0.25, 0.3) is 0 Å². The Morgan fingerprint density at radius 2 is 2.00 bits per heavy atom. The van der Waals surface area contributed by atoms with Gasteiger partial charge in [0.05, 0.1) is 17.1 Å². The van der Waals surface area contributed by atoms with Crippen molar-refractivity contribution < 1.29 is 9.90 Å². The Kier molecular flexibility index (Phi) is 4.31. The minimum Gasteiger partial charge on any atom is -0.481 e. The van der Waals surface area contributed by atoms with Gasteiger partial charge < -0.3 is 5.11 Å². The van der Waals surface area contributed by atoms with Crippen molar-refractivity contribution in [2.45, 2.75) is 52.9 Å². The quantitative estimate of drug-likeness (QED) is 0.898. The summed E-state index contributed by atoms with van der Waals surface area (Å²) >= 11 is 1.55. The van der Waals surface area contributed by atoms with Gasteiger partial charge in [-0.1, -0.05) is 34.6 Å². The zero-order valence-electron chi connectivity index (χ0n) is 11.2. The van der Waals surface area contributed by atoms with Crippen molar-refractivity contribution >= 4 is 17.3 Å². The Morgan fingerprint density at radius 3 is 2.41 bits per heavy atom. The molecule has 0 aliphatic heterocycles. The van der Waals surface area contributed by atoms with Crippen LogP contribution in [0, 0.1) is 5.92 Å². The van der Waals surface area contributed by atoms with E-state index >= 15 is 0 Å². The molecule has 17 heavy (non-hydrogen) atoms. The van der Waals surface area contributed by atoms with Crippen molar-refractivity contribution in [2.24, 2.45) is 5.92 Å². The summed E-state index contributed by atoms with van der Waals surface area (Å²) < 4.78 is 0. The van der Waals surface area contributed by atoms with E-state index in [1.165, 1.54) is 0 Å². The van der Waals surface area contributed by atoms with Gasteiger partial charge in [-0.2, -0.15) is 0 Å². The van der Waals surface area contributed by atoms with Crippen LogP contribution in [0.15, 0.2) is 0 Å². The van der Waals surface area contributed by atoms with Crippen molar-refractivity contribution in [2.75, 3.05) is 0 Å². The molecule has 3 nitrogen and oxygen atoms in total. The zero-order valence-corrected chi connectivity index (χ0v) is 12.0. The second-order valence-electron chi connectivity index (χ2n) is 5.80. The number of carboxylic acid groups (broad SMARTS) is 1. The number of aliphatic carboxylic acids is 1. The van der Waals surface area contributed by atoms with Crippen molar-refractivity contribution in [1.29, 1.82) is 0 Å². The summed E-state index contributed by atoms with van der Waals surface area (Å²) in [5.41, 5.74) is 0.858. The van der Waals surface area contributed by atoms with Crippen LogP contribution < -0.4 is 0 Å². The standard InChI is InChI=1S/C13H21NO2S/c1-8(2)6-10-14-12(13(3,4)5)9(17-10)7-11(15)16/h8H,6-7H2,1-5H3,(H,15,16). The van der Waals surface area contributed by atoms with Crippen LogP contribution in [0.1, 0.15) is 50.2 Å². The van der Waals surface area contributed by atoms with Gasteiger partial charge in [0, 0.05) is 16.7 Å². The first kappa shape index (κ1) is 14.2. The molecule has 0 saturated carbocycles. The molecule has 0 amide bonds. The molecule has 0 aliphatic carbocycles. The fraction of sp³-hybridized carbons (Fsp3) is 0.692. The minimum absolute atomic E-state index is 0.0857. The number of hydrogen-bond acceptors (Lipinski definition) is 3. The Morgan fingerprint density at radius 1 is 1.41 bits per heavy atom. The molecule has 1 N–H and O–H groups in total. The van der Waals surface area contributed by atoms with Gasteiger partial charge in [-0.25, -0.2) is 4.98 Å². The van der Waals surface area contributed by atoms with E-state index in [2.05, 4.69) is 39.6 Å². The number of nitrogens with zero attached hydrogens (tertiary/aromatic N) is 1. The van der Waals surface area contributed by atoms with Gasteiger partial charge in [0.2, 0.25) is 0 Å². The molecule has 0 spiro atoms. The molecule has 1 rings (SSSR count). The first-order valence-corrected chi connectivity index (χ1v) is 6.72. The average molecular weight is 255 g/mol. The molecule has 1 heterocycles. The molecule has 0 saturated heterocycles. The third-order valence-corrected chi connectivity index (χ3v) is 3.42. The zero-order chi connectivity index (χ0) is 13.2. The lowest BCUT2D eigenvalue weighted by molar-refractivity contribution is -0.136. The monoisotopic (exact) mass is 255 g/mol. The van der Waals surface area contributed by atoms with Crippen LogP contribution in [-0.2, 0) is 23.1 Å². The highest BCUT2D eigenvalue weighted by Gasteiger charge is 2.24. The smallest absolute Gasteiger partial charge is 0.308 e. The van der Waals surface area contributed by atoms with Crippen LogP contribution in [-0.4, -0.2) is 16.1 Å². The van der Waals surface area contributed by atoms with Crippen LogP contribution in [0.4, 0.5) is 0 Å². The highest BCUT2D eigenvalue weighted by molar-refractivity contribution is 7.11. The first-order chi connectivity index (χ1) is 7.70. The molecule has 0 bridgehead atoms. The third-order valence-electron chi connectivity index (χ3n) is 2.35. The minimum atomic E-state index is -0.782. The van der Waals surface area contributed by atoms with Gasteiger partial charge in [-0.15, -0.1) is 11.3 Å². The second kappa shape index (κ2) is 5.17. The molecule has 0 aliphatic rings. The van der Waals surface area contributed by atoms with E-state index in [0.717, 1.165) is 22.0 Å². The predicted molar refractivity (Wildman–Crippen MR) is 70.7 cm³/mol. The molecular formula is C13H21NO2S. The van der Waals surface area contributed by atoms with Crippen molar-refractivity contribution in [3.8, 4) is 0 Å². The number of aromatic nitrogens is 1. The summed E-state index contributed by atoms with van der Waals surface area (Å²) in [6.07, 6.45) is 1.01. The Balaban J connectivity index is 3.07. The maximum atomic E-state index is 10.9. The van der Waals surface area contributed by atoms with Gasteiger partial charge in [0.25, 0.3) is 0 Å². The summed E-state index contributed by atoms with van der Waals surface area (Å²) in [7, 11) is 0. The Bertz CT molecular complexity index is 402. The maximum absolute atomic E-state index is 10.9. The van der Waals surface area contributed by atoms with E-state index in [1.807, 2.05) is 0 Å². The summed E-state index contributed by atoms with van der Waals surface area (Å²) in [6.45, 7) is 10.5. The average Bonchev–Trinajstić information content (AvgIpc) is 2.44. The normalized spacial score (nSPS) is 12.1. The summed E-state index contributed by atoms with van der Waals surface area (Å²) in [5.74, 6) is -0.234. The fourth-order valence-electron chi connectivity index (χ4n) is 1.68. The van der Waals surface area contributed by atoms with E-state index < -0.39 is 5.97 Å². The van der Waals surface area contributed by atoms with Crippen LogP contribution in [0.5, 0.6) is 0 Å². The molecular weight excluding hydrogens is 234 g/mol. The molecule has 1 aromatic heterocycles. The Hall–Kier alpha value is -0.900. The lowest BCUT2D eigenvalue weighted by atomic mass is 9.91. The summed E-state index contributed by atoms with van der Waals surface area (Å²) in [4.78, 5) is 16.4. The molecule has 0 radical (unpaired) electrons. The summed E-state index contributed by atoms with van der Waals surface area (Å²) in [5, 5.41) is 9.98. The second-order valence-corrected chi connectivity index (χ2v) is 6.97. The molecule has 4 heteroatoms. The summed E-state index contributed by atoms with van der Waals surface area (Å²) in [6, 6.07) is 0. The Labute approximate surface area is 107 Å². The molecule has 1 aromatic rings. The number of thiazole rings is 1. The first-order valence-electron chi connectivity index (χ1n) is 5.91. The molecule has 0 aromatic carbocycles.